The highest BCUT2D eigenvalue weighted by Gasteiger charge is 2.28. The van der Waals surface area contributed by atoms with Crippen molar-refractivity contribution in [1.29, 1.82) is 0 Å². The zero-order valence-electron chi connectivity index (χ0n) is 22.3. The van der Waals surface area contributed by atoms with E-state index in [1.54, 1.807) is 25.1 Å². The fourth-order valence-corrected chi connectivity index (χ4v) is 5.47. The minimum atomic E-state index is -3.57. The predicted octanol–water partition coefficient (Wildman–Crippen LogP) is 5.49. The molecule has 0 fully saturated rings. The van der Waals surface area contributed by atoms with Crippen LogP contribution in [0.2, 0.25) is 10.0 Å². The first kappa shape index (κ1) is 30.9. The van der Waals surface area contributed by atoms with Gasteiger partial charge in [-0.25, -0.2) is 8.42 Å². The quantitative estimate of drug-likeness (QED) is 0.366. The minimum Gasteiger partial charge on any atom is -0.352 e. The average molecular weight is 571 g/mol. The van der Waals surface area contributed by atoms with Crippen LogP contribution in [-0.2, 0) is 26.2 Å². The second kappa shape index (κ2) is 13.5. The van der Waals surface area contributed by atoms with Crippen molar-refractivity contribution >= 4 is 50.7 Å². The van der Waals surface area contributed by atoms with Crippen molar-refractivity contribution in [2.24, 2.45) is 0 Å². The Morgan fingerprint density at radius 3 is 2.11 bits per heavy atom. The topological polar surface area (TPSA) is 86.8 Å². The molecule has 0 bridgehead atoms. The van der Waals surface area contributed by atoms with Gasteiger partial charge in [0.25, 0.3) is 0 Å². The van der Waals surface area contributed by atoms with Crippen LogP contribution < -0.4 is 9.62 Å². The van der Waals surface area contributed by atoms with E-state index in [2.05, 4.69) is 5.32 Å². The number of aryl methyl sites for hydroxylation is 2. The number of nitrogens with zero attached hydrogens (tertiary/aromatic N) is 2. The predicted molar refractivity (Wildman–Crippen MR) is 152 cm³/mol. The van der Waals surface area contributed by atoms with Crippen molar-refractivity contribution in [1.82, 2.24) is 10.2 Å². The largest absolute Gasteiger partial charge is 0.352 e. The number of anilines is 1. The van der Waals surface area contributed by atoms with Crippen LogP contribution in [0.1, 0.15) is 56.7 Å². The van der Waals surface area contributed by atoms with Crippen LogP contribution in [0, 0.1) is 13.8 Å². The summed E-state index contributed by atoms with van der Waals surface area (Å²) in [6, 6.07) is 9.84. The molecule has 2 amide bonds. The van der Waals surface area contributed by atoms with E-state index in [0.29, 0.717) is 21.3 Å². The van der Waals surface area contributed by atoms with Crippen LogP contribution in [0.15, 0.2) is 36.4 Å². The second-order valence-corrected chi connectivity index (χ2v) is 12.2. The van der Waals surface area contributed by atoms with Crippen molar-refractivity contribution < 1.29 is 18.0 Å². The molecule has 204 valence electrons. The normalized spacial score (nSPS) is 13.1. The Morgan fingerprint density at radius 2 is 1.59 bits per heavy atom. The molecule has 0 radical (unpaired) electrons. The maximum atomic E-state index is 13.4. The van der Waals surface area contributed by atoms with Gasteiger partial charge in [0.2, 0.25) is 21.8 Å². The molecule has 2 aromatic carbocycles. The Balaban J connectivity index is 2.26. The summed E-state index contributed by atoms with van der Waals surface area (Å²) in [5, 5.41) is 3.72. The Morgan fingerprint density at radius 1 is 1.03 bits per heavy atom. The zero-order valence-corrected chi connectivity index (χ0v) is 24.7. The molecular formula is C27H37Cl2N3O4S. The van der Waals surface area contributed by atoms with Crippen LogP contribution in [0.3, 0.4) is 0 Å². The van der Waals surface area contributed by atoms with E-state index < -0.39 is 16.1 Å². The molecule has 0 aliphatic heterocycles. The average Bonchev–Trinajstić information content (AvgIpc) is 2.79. The molecule has 10 heteroatoms. The number of carbonyl (C=O) groups is 2. The lowest BCUT2D eigenvalue weighted by Crippen LogP contribution is -2.49. The lowest BCUT2D eigenvalue weighted by Gasteiger charge is -2.30. The summed E-state index contributed by atoms with van der Waals surface area (Å²) in [6.45, 7) is 9.52. The van der Waals surface area contributed by atoms with Gasteiger partial charge in [0, 0.05) is 41.2 Å². The van der Waals surface area contributed by atoms with E-state index in [-0.39, 0.29) is 43.8 Å². The van der Waals surface area contributed by atoms with Gasteiger partial charge in [-0.3, -0.25) is 13.9 Å². The Hall–Kier alpha value is -2.29. The van der Waals surface area contributed by atoms with Gasteiger partial charge in [-0.05, 0) is 75.9 Å². The van der Waals surface area contributed by atoms with E-state index in [1.807, 2.05) is 45.9 Å². The highest BCUT2D eigenvalue weighted by molar-refractivity contribution is 7.92. The number of benzene rings is 2. The smallest absolute Gasteiger partial charge is 0.242 e. The van der Waals surface area contributed by atoms with Crippen LogP contribution in [-0.4, -0.2) is 50.0 Å². The maximum Gasteiger partial charge on any atom is 0.242 e. The summed E-state index contributed by atoms with van der Waals surface area (Å²) in [7, 11) is -3.57. The third-order valence-electron chi connectivity index (χ3n) is 6.21. The highest BCUT2D eigenvalue weighted by Crippen LogP contribution is 2.27. The number of carbonyl (C=O) groups excluding carboxylic acids is 2. The van der Waals surface area contributed by atoms with Gasteiger partial charge in [-0.2, -0.15) is 0 Å². The monoisotopic (exact) mass is 569 g/mol. The first-order valence-electron chi connectivity index (χ1n) is 12.3. The summed E-state index contributed by atoms with van der Waals surface area (Å²) >= 11 is 12.7. The summed E-state index contributed by atoms with van der Waals surface area (Å²) in [5.41, 5.74) is 3.01. The molecule has 2 aromatic rings. The number of halogens is 2. The number of hydrogen-bond donors (Lipinski definition) is 1. The number of sulfonamides is 1. The lowest BCUT2D eigenvalue weighted by atomic mass is 10.1. The van der Waals surface area contributed by atoms with E-state index in [9.17, 15) is 18.0 Å². The molecule has 1 N–H and O–H groups in total. The number of nitrogens with one attached hydrogen (secondary N) is 1. The van der Waals surface area contributed by atoms with Crippen molar-refractivity contribution in [3.63, 3.8) is 0 Å². The minimum absolute atomic E-state index is 0.0415. The van der Waals surface area contributed by atoms with Crippen LogP contribution >= 0.6 is 23.2 Å². The number of amides is 2. The van der Waals surface area contributed by atoms with Gasteiger partial charge in [0.1, 0.15) is 6.04 Å². The highest BCUT2D eigenvalue weighted by atomic mass is 35.5. The van der Waals surface area contributed by atoms with Crippen LogP contribution in [0.25, 0.3) is 0 Å². The van der Waals surface area contributed by atoms with E-state index in [0.717, 1.165) is 23.8 Å². The molecule has 0 spiro atoms. The molecule has 0 heterocycles. The molecule has 7 nitrogen and oxygen atoms in total. The van der Waals surface area contributed by atoms with Gasteiger partial charge >= 0.3 is 0 Å². The van der Waals surface area contributed by atoms with E-state index in [4.69, 9.17) is 23.2 Å². The molecule has 0 saturated carbocycles. The van der Waals surface area contributed by atoms with Crippen LogP contribution in [0.5, 0.6) is 0 Å². The molecule has 37 heavy (non-hydrogen) atoms. The summed E-state index contributed by atoms with van der Waals surface area (Å²) in [5.74, 6) is -0.574. The SMILES string of the molecule is CC[C@@H](C)NC(=O)[C@H](C)N(Cc1c(Cl)cccc1Cl)C(=O)CCCN(c1cc(C)cc(C)c1)S(C)(=O)=O. The number of hydrogen-bond acceptors (Lipinski definition) is 4. The summed E-state index contributed by atoms with van der Waals surface area (Å²) in [4.78, 5) is 27.8. The Labute approximate surface area is 231 Å². The van der Waals surface area contributed by atoms with Gasteiger partial charge in [-0.15, -0.1) is 0 Å². The lowest BCUT2D eigenvalue weighted by molar-refractivity contribution is -0.140. The molecule has 0 unspecified atom stereocenters. The fourth-order valence-electron chi connectivity index (χ4n) is 4.00. The molecule has 0 saturated heterocycles. The molecule has 0 aliphatic carbocycles. The van der Waals surface area contributed by atoms with Crippen molar-refractivity contribution in [3.8, 4) is 0 Å². The zero-order chi connectivity index (χ0) is 27.9. The molecule has 2 rings (SSSR count). The Bertz CT molecular complexity index is 1180. The maximum absolute atomic E-state index is 13.4. The van der Waals surface area contributed by atoms with Gasteiger partial charge in [-0.1, -0.05) is 42.3 Å². The van der Waals surface area contributed by atoms with E-state index in [1.165, 1.54) is 9.21 Å². The third kappa shape index (κ3) is 8.90. The summed E-state index contributed by atoms with van der Waals surface area (Å²) in [6.07, 6.45) is 2.22. The summed E-state index contributed by atoms with van der Waals surface area (Å²) < 4.78 is 26.4. The fraction of sp³-hybridized carbons (Fsp3) is 0.481. The molecule has 2 atom stereocenters. The van der Waals surface area contributed by atoms with Gasteiger partial charge in [0.05, 0.1) is 11.9 Å². The first-order valence-corrected chi connectivity index (χ1v) is 14.9. The van der Waals surface area contributed by atoms with Gasteiger partial charge < -0.3 is 10.2 Å². The first-order chi connectivity index (χ1) is 17.2. The molecule has 0 aliphatic rings. The van der Waals surface area contributed by atoms with E-state index >= 15 is 0 Å². The van der Waals surface area contributed by atoms with Crippen molar-refractivity contribution in [2.75, 3.05) is 17.1 Å². The van der Waals surface area contributed by atoms with Gasteiger partial charge in [0.15, 0.2) is 0 Å². The molecular weight excluding hydrogens is 533 g/mol. The molecule has 0 aromatic heterocycles. The number of rotatable bonds is 12. The van der Waals surface area contributed by atoms with Crippen molar-refractivity contribution in [3.05, 3.63) is 63.1 Å². The second-order valence-electron chi connectivity index (χ2n) is 9.50. The van der Waals surface area contributed by atoms with Crippen molar-refractivity contribution in [2.45, 2.75) is 72.5 Å². The third-order valence-corrected chi connectivity index (χ3v) is 8.11. The van der Waals surface area contributed by atoms with Crippen LogP contribution in [0.4, 0.5) is 5.69 Å². The standard InChI is InChI=1S/C27H37Cl2N3O4S/c1-7-20(4)30-27(34)21(5)31(17-23-24(28)10-8-11-25(23)29)26(33)12-9-13-32(37(6,35)36)22-15-18(2)14-19(3)16-22/h8,10-11,14-16,20-21H,7,9,12-13,17H2,1-6H3,(H,30,34)/t20-,21+/m1/s1. The Kier molecular flexibility index (Phi) is 11.3.